The van der Waals surface area contributed by atoms with Crippen LogP contribution in [0.3, 0.4) is 0 Å². The molecule has 1 aromatic carbocycles. The van der Waals surface area contributed by atoms with Crippen molar-refractivity contribution in [2.75, 3.05) is 5.32 Å². The summed E-state index contributed by atoms with van der Waals surface area (Å²) in [5.74, 6) is -0.212. The number of aromatic nitrogens is 1. The lowest BCUT2D eigenvalue weighted by Gasteiger charge is -2.10. The summed E-state index contributed by atoms with van der Waals surface area (Å²) in [6.07, 6.45) is 3.28. The van der Waals surface area contributed by atoms with Crippen molar-refractivity contribution in [1.29, 1.82) is 0 Å². The Morgan fingerprint density at radius 2 is 2.18 bits per heavy atom. The van der Waals surface area contributed by atoms with Crippen molar-refractivity contribution in [2.45, 2.75) is 13.5 Å². The molecule has 2 nitrogen and oxygen atoms in total. The van der Waals surface area contributed by atoms with Crippen LogP contribution in [-0.2, 0) is 6.54 Å². The monoisotopic (exact) mass is 250 g/mol. The molecule has 4 heteroatoms. The Labute approximate surface area is 104 Å². The first-order valence-corrected chi connectivity index (χ1v) is 5.63. The van der Waals surface area contributed by atoms with Gasteiger partial charge in [0, 0.05) is 30.2 Å². The zero-order valence-electron chi connectivity index (χ0n) is 9.37. The van der Waals surface area contributed by atoms with Gasteiger partial charge < -0.3 is 5.32 Å². The quantitative estimate of drug-likeness (QED) is 0.896. The van der Waals surface area contributed by atoms with Crippen molar-refractivity contribution in [1.82, 2.24) is 4.98 Å². The maximum atomic E-state index is 13.3. The van der Waals surface area contributed by atoms with Gasteiger partial charge in [-0.15, -0.1) is 0 Å². The molecule has 0 saturated heterocycles. The van der Waals surface area contributed by atoms with E-state index < -0.39 is 0 Å². The molecule has 0 atom stereocenters. The van der Waals surface area contributed by atoms with E-state index in [-0.39, 0.29) is 5.82 Å². The SMILES string of the molecule is Cc1c(F)cccc1NCc1ccncc1Cl. The number of pyridine rings is 1. The highest BCUT2D eigenvalue weighted by Gasteiger charge is 2.04. The molecular weight excluding hydrogens is 239 g/mol. The van der Waals surface area contributed by atoms with Crippen LogP contribution in [0.1, 0.15) is 11.1 Å². The normalized spacial score (nSPS) is 10.3. The third-order valence-corrected chi connectivity index (χ3v) is 2.93. The van der Waals surface area contributed by atoms with Crippen molar-refractivity contribution in [3.63, 3.8) is 0 Å². The van der Waals surface area contributed by atoms with Crippen molar-refractivity contribution < 1.29 is 4.39 Å². The van der Waals surface area contributed by atoms with Gasteiger partial charge >= 0.3 is 0 Å². The summed E-state index contributed by atoms with van der Waals surface area (Å²) in [5.41, 5.74) is 2.32. The van der Waals surface area contributed by atoms with Crippen molar-refractivity contribution in [2.24, 2.45) is 0 Å². The van der Waals surface area contributed by atoms with Crippen LogP contribution in [0, 0.1) is 12.7 Å². The summed E-state index contributed by atoms with van der Waals surface area (Å²) in [6.45, 7) is 2.29. The number of nitrogens with zero attached hydrogens (tertiary/aromatic N) is 1. The summed E-state index contributed by atoms with van der Waals surface area (Å²) >= 11 is 5.98. The van der Waals surface area contributed by atoms with Crippen molar-refractivity contribution in [3.05, 3.63) is 58.6 Å². The fourth-order valence-electron chi connectivity index (χ4n) is 1.54. The topological polar surface area (TPSA) is 24.9 Å². The van der Waals surface area contributed by atoms with E-state index in [0.29, 0.717) is 17.1 Å². The average Bonchev–Trinajstić information content (AvgIpc) is 2.33. The smallest absolute Gasteiger partial charge is 0.128 e. The van der Waals surface area contributed by atoms with E-state index >= 15 is 0 Å². The van der Waals surface area contributed by atoms with Gasteiger partial charge in [0.1, 0.15) is 5.82 Å². The second-order valence-electron chi connectivity index (χ2n) is 3.73. The number of rotatable bonds is 3. The highest BCUT2D eigenvalue weighted by molar-refractivity contribution is 6.31. The Hall–Kier alpha value is -1.61. The summed E-state index contributed by atoms with van der Waals surface area (Å²) in [5, 5.41) is 3.76. The van der Waals surface area contributed by atoms with Crippen LogP contribution in [0.5, 0.6) is 0 Å². The number of nitrogens with one attached hydrogen (secondary N) is 1. The summed E-state index contributed by atoms with van der Waals surface area (Å²) in [4.78, 5) is 3.91. The first-order chi connectivity index (χ1) is 8.18. The highest BCUT2D eigenvalue weighted by Crippen LogP contribution is 2.20. The number of anilines is 1. The molecule has 1 heterocycles. The number of benzene rings is 1. The largest absolute Gasteiger partial charge is 0.381 e. The Bertz CT molecular complexity index is 529. The van der Waals surface area contributed by atoms with Crippen LogP contribution in [0.2, 0.25) is 5.02 Å². The molecule has 1 N–H and O–H groups in total. The maximum Gasteiger partial charge on any atom is 0.128 e. The molecule has 2 rings (SSSR count). The maximum absolute atomic E-state index is 13.3. The van der Waals surface area contributed by atoms with E-state index in [1.54, 1.807) is 25.4 Å². The minimum absolute atomic E-state index is 0.212. The first kappa shape index (κ1) is 11.9. The molecule has 0 saturated carbocycles. The van der Waals surface area contributed by atoms with Crippen molar-refractivity contribution in [3.8, 4) is 0 Å². The van der Waals surface area contributed by atoms with E-state index in [9.17, 15) is 4.39 Å². The number of hydrogen-bond donors (Lipinski definition) is 1. The zero-order valence-corrected chi connectivity index (χ0v) is 10.1. The highest BCUT2D eigenvalue weighted by atomic mass is 35.5. The molecule has 0 amide bonds. The lowest BCUT2D eigenvalue weighted by Crippen LogP contribution is -2.02. The lowest BCUT2D eigenvalue weighted by molar-refractivity contribution is 0.619. The molecule has 0 spiro atoms. The van der Waals surface area contributed by atoms with Crippen LogP contribution in [0.4, 0.5) is 10.1 Å². The zero-order chi connectivity index (χ0) is 12.3. The average molecular weight is 251 g/mol. The molecule has 88 valence electrons. The lowest BCUT2D eigenvalue weighted by atomic mass is 10.2. The van der Waals surface area contributed by atoms with E-state index in [1.165, 1.54) is 6.07 Å². The van der Waals surface area contributed by atoms with Crippen LogP contribution < -0.4 is 5.32 Å². The van der Waals surface area contributed by atoms with E-state index in [2.05, 4.69) is 10.3 Å². The van der Waals surface area contributed by atoms with E-state index in [0.717, 1.165) is 11.3 Å². The Kier molecular flexibility index (Phi) is 3.59. The van der Waals surface area contributed by atoms with Gasteiger partial charge in [-0.25, -0.2) is 4.39 Å². The molecule has 0 bridgehead atoms. The van der Waals surface area contributed by atoms with Gasteiger partial charge in [-0.2, -0.15) is 0 Å². The van der Waals surface area contributed by atoms with Gasteiger partial charge in [0.2, 0.25) is 0 Å². The van der Waals surface area contributed by atoms with Crippen LogP contribution in [-0.4, -0.2) is 4.98 Å². The van der Waals surface area contributed by atoms with Gasteiger partial charge in [-0.1, -0.05) is 17.7 Å². The minimum Gasteiger partial charge on any atom is -0.381 e. The van der Waals surface area contributed by atoms with Crippen LogP contribution in [0.15, 0.2) is 36.7 Å². The predicted octanol–water partition coefficient (Wildman–Crippen LogP) is 3.79. The van der Waals surface area contributed by atoms with Crippen LogP contribution >= 0.6 is 11.6 Å². The molecule has 0 unspecified atom stereocenters. The third-order valence-electron chi connectivity index (χ3n) is 2.59. The fourth-order valence-corrected chi connectivity index (χ4v) is 1.72. The molecule has 17 heavy (non-hydrogen) atoms. The predicted molar refractivity (Wildman–Crippen MR) is 67.7 cm³/mol. The summed E-state index contributed by atoms with van der Waals surface area (Å²) in [6, 6.07) is 6.80. The molecular formula is C13H12ClFN2. The Morgan fingerprint density at radius 3 is 2.94 bits per heavy atom. The van der Waals surface area contributed by atoms with E-state index in [1.807, 2.05) is 12.1 Å². The Morgan fingerprint density at radius 1 is 1.35 bits per heavy atom. The van der Waals surface area contributed by atoms with Gasteiger partial charge in [-0.05, 0) is 30.7 Å². The Balaban J connectivity index is 2.13. The van der Waals surface area contributed by atoms with E-state index in [4.69, 9.17) is 11.6 Å². The van der Waals surface area contributed by atoms with Crippen molar-refractivity contribution >= 4 is 17.3 Å². The molecule has 0 aliphatic heterocycles. The van der Waals surface area contributed by atoms with Crippen LogP contribution in [0.25, 0.3) is 0 Å². The number of hydrogen-bond acceptors (Lipinski definition) is 2. The van der Waals surface area contributed by atoms with Gasteiger partial charge in [-0.3, -0.25) is 4.98 Å². The van der Waals surface area contributed by atoms with Gasteiger partial charge in [0.15, 0.2) is 0 Å². The number of halogens is 2. The second kappa shape index (κ2) is 5.15. The second-order valence-corrected chi connectivity index (χ2v) is 4.14. The molecule has 0 radical (unpaired) electrons. The first-order valence-electron chi connectivity index (χ1n) is 5.26. The fraction of sp³-hybridized carbons (Fsp3) is 0.154. The van der Waals surface area contributed by atoms with Gasteiger partial charge in [0.25, 0.3) is 0 Å². The standard InChI is InChI=1S/C13H12ClFN2/c1-9-12(15)3-2-4-13(9)17-7-10-5-6-16-8-11(10)14/h2-6,8,17H,7H2,1H3. The molecule has 1 aromatic heterocycles. The third kappa shape index (κ3) is 2.74. The molecule has 0 aliphatic rings. The summed E-state index contributed by atoms with van der Waals surface area (Å²) in [7, 11) is 0. The van der Waals surface area contributed by atoms with Gasteiger partial charge in [0.05, 0.1) is 5.02 Å². The molecule has 2 aromatic rings. The summed E-state index contributed by atoms with van der Waals surface area (Å²) < 4.78 is 13.3. The molecule has 0 aliphatic carbocycles. The molecule has 0 fully saturated rings. The minimum atomic E-state index is -0.212.